The SMILES string of the molecule is C[C@H](NC(=O)c1cc2ccccc2n1C)c1cccc(C(=O)NO)c1. The van der Waals surface area contributed by atoms with Crippen LogP contribution in [0.15, 0.2) is 54.6 Å². The van der Waals surface area contributed by atoms with E-state index in [0.717, 1.165) is 16.5 Å². The second kappa shape index (κ2) is 6.78. The van der Waals surface area contributed by atoms with Gasteiger partial charge < -0.3 is 9.88 Å². The molecule has 6 nitrogen and oxygen atoms in total. The van der Waals surface area contributed by atoms with Crippen molar-refractivity contribution >= 4 is 22.7 Å². The Kier molecular flexibility index (Phi) is 4.54. The van der Waals surface area contributed by atoms with E-state index in [1.807, 2.05) is 54.9 Å². The van der Waals surface area contributed by atoms with Crippen LogP contribution in [0, 0.1) is 0 Å². The molecule has 1 atom stereocenters. The van der Waals surface area contributed by atoms with Crippen molar-refractivity contribution in [1.82, 2.24) is 15.4 Å². The molecule has 0 fully saturated rings. The van der Waals surface area contributed by atoms with Crippen LogP contribution >= 0.6 is 0 Å². The lowest BCUT2D eigenvalue weighted by Crippen LogP contribution is -2.28. The molecule has 0 saturated heterocycles. The number of amides is 2. The fourth-order valence-electron chi connectivity index (χ4n) is 2.87. The zero-order valence-electron chi connectivity index (χ0n) is 14.0. The highest BCUT2D eigenvalue weighted by atomic mass is 16.5. The van der Waals surface area contributed by atoms with Gasteiger partial charge in [0.25, 0.3) is 11.8 Å². The Morgan fingerprint density at radius 3 is 2.52 bits per heavy atom. The highest BCUT2D eigenvalue weighted by Crippen LogP contribution is 2.20. The fourth-order valence-corrected chi connectivity index (χ4v) is 2.87. The number of fused-ring (bicyclic) bond motifs is 1. The van der Waals surface area contributed by atoms with Gasteiger partial charge in [0.1, 0.15) is 5.69 Å². The molecule has 1 aromatic heterocycles. The van der Waals surface area contributed by atoms with Crippen LogP contribution in [0.3, 0.4) is 0 Å². The summed E-state index contributed by atoms with van der Waals surface area (Å²) in [5, 5.41) is 12.7. The molecule has 0 spiro atoms. The van der Waals surface area contributed by atoms with Crippen molar-refractivity contribution in [3.05, 3.63) is 71.4 Å². The number of aromatic nitrogens is 1. The predicted molar refractivity (Wildman–Crippen MR) is 94.5 cm³/mol. The third kappa shape index (κ3) is 3.25. The quantitative estimate of drug-likeness (QED) is 0.506. The number of carbonyl (C=O) groups is 2. The number of nitrogens with one attached hydrogen (secondary N) is 2. The van der Waals surface area contributed by atoms with Gasteiger partial charge in [0, 0.05) is 23.5 Å². The maximum atomic E-state index is 12.6. The van der Waals surface area contributed by atoms with Crippen LogP contribution in [0.25, 0.3) is 10.9 Å². The maximum absolute atomic E-state index is 12.6. The van der Waals surface area contributed by atoms with Crippen molar-refractivity contribution in [2.45, 2.75) is 13.0 Å². The van der Waals surface area contributed by atoms with Crippen molar-refractivity contribution in [2.75, 3.05) is 0 Å². The van der Waals surface area contributed by atoms with Crippen LogP contribution in [0.2, 0.25) is 0 Å². The number of nitrogens with zero attached hydrogens (tertiary/aromatic N) is 1. The summed E-state index contributed by atoms with van der Waals surface area (Å²) in [6, 6.07) is 16.1. The van der Waals surface area contributed by atoms with Crippen LogP contribution in [-0.2, 0) is 7.05 Å². The minimum absolute atomic E-state index is 0.191. The largest absolute Gasteiger partial charge is 0.344 e. The lowest BCUT2D eigenvalue weighted by molar-refractivity contribution is 0.0706. The van der Waals surface area contributed by atoms with Gasteiger partial charge in [-0.2, -0.15) is 0 Å². The Labute approximate surface area is 145 Å². The molecule has 0 radical (unpaired) electrons. The van der Waals surface area contributed by atoms with Gasteiger partial charge in [0.15, 0.2) is 0 Å². The van der Waals surface area contributed by atoms with E-state index in [1.165, 1.54) is 0 Å². The van der Waals surface area contributed by atoms with Gasteiger partial charge in [-0.15, -0.1) is 0 Å². The second-order valence-electron chi connectivity index (χ2n) is 5.91. The number of hydrogen-bond donors (Lipinski definition) is 3. The van der Waals surface area contributed by atoms with Crippen LogP contribution < -0.4 is 10.8 Å². The first-order valence-corrected chi connectivity index (χ1v) is 7.91. The molecular formula is C19H19N3O3. The second-order valence-corrected chi connectivity index (χ2v) is 5.91. The Bertz CT molecular complexity index is 946. The molecule has 3 aromatic rings. The summed E-state index contributed by atoms with van der Waals surface area (Å²) < 4.78 is 1.85. The van der Waals surface area contributed by atoms with Gasteiger partial charge >= 0.3 is 0 Å². The Balaban J connectivity index is 1.82. The first-order valence-electron chi connectivity index (χ1n) is 7.91. The predicted octanol–water partition coefficient (Wildman–Crippen LogP) is 2.79. The highest BCUT2D eigenvalue weighted by molar-refractivity contribution is 5.99. The van der Waals surface area contributed by atoms with Gasteiger partial charge in [-0.1, -0.05) is 30.3 Å². The van der Waals surface area contributed by atoms with Crippen LogP contribution in [-0.4, -0.2) is 21.6 Å². The van der Waals surface area contributed by atoms with E-state index in [9.17, 15) is 9.59 Å². The average Bonchev–Trinajstić information content (AvgIpc) is 2.98. The molecule has 25 heavy (non-hydrogen) atoms. The number of aryl methyl sites for hydroxylation is 1. The molecule has 128 valence electrons. The van der Waals surface area contributed by atoms with E-state index in [-0.39, 0.29) is 11.9 Å². The molecule has 0 bridgehead atoms. The van der Waals surface area contributed by atoms with Crippen molar-refractivity contribution in [3.8, 4) is 0 Å². The Hall–Kier alpha value is -3.12. The molecule has 3 N–H and O–H groups in total. The summed E-state index contributed by atoms with van der Waals surface area (Å²) in [5.74, 6) is -0.780. The number of carbonyl (C=O) groups excluding carboxylic acids is 2. The smallest absolute Gasteiger partial charge is 0.274 e. The van der Waals surface area contributed by atoms with Gasteiger partial charge in [-0.3, -0.25) is 14.8 Å². The first-order chi connectivity index (χ1) is 12.0. The van der Waals surface area contributed by atoms with Gasteiger partial charge in [0.2, 0.25) is 0 Å². The number of para-hydroxylation sites is 1. The third-order valence-electron chi connectivity index (χ3n) is 4.28. The molecule has 0 saturated carbocycles. The first kappa shape index (κ1) is 16.7. The molecule has 0 unspecified atom stereocenters. The zero-order chi connectivity index (χ0) is 18.0. The molecular weight excluding hydrogens is 318 g/mol. The normalized spacial score (nSPS) is 12.0. The summed E-state index contributed by atoms with van der Waals surface area (Å²) in [6.45, 7) is 1.84. The maximum Gasteiger partial charge on any atom is 0.274 e. The van der Waals surface area contributed by atoms with Crippen LogP contribution in [0.4, 0.5) is 0 Å². The number of benzene rings is 2. The van der Waals surface area contributed by atoms with E-state index < -0.39 is 5.91 Å². The molecule has 0 aliphatic carbocycles. The standard InChI is InChI=1S/C19H19N3O3/c1-12(13-7-5-8-15(10-13)18(23)21-25)20-19(24)17-11-14-6-3-4-9-16(14)22(17)2/h3-12,25H,1-2H3,(H,20,24)(H,21,23)/t12-/m0/s1. The summed E-state index contributed by atoms with van der Waals surface area (Å²) >= 11 is 0. The molecule has 3 rings (SSSR count). The summed E-state index contributed by atoms with van der Waals surface area (Å²) in [5.41, 5.74) is 4.26. The van der Waals surface area contributed by atoms with Gasteiger partial charge in [0.05, 0.1) is 6.04 Å². The van der Waals surface area contributed by atoms with E-state index in [1.54, 1.807) is 23.7 Å². The van der Waals surface area contributed by atoms with Crippen LogP contribution in [0.5, 0.6) is 0 Å². The lowest BCUT2D eigenvalue weighted by atomic mass is 10.0. The monoisotopic (exact) mass is 337 g/mol. The molecule has 2 amide bonds. The highest BCUT2D eigenvalue weighted by Gasteiger charge is 2.17. The van der Waals surface area contributed by atoms with Crippen LogP contribution in [0.1, 0.15) is 39.4 Å². The topological polar surface area (TPSA) is 83.4 Å². The Morgan fingerprint density at radius 1 is 1.04 bits per heavy atom. The number of hydrogen-bond acceptors (Lipinski definition) is 3. The van der Waals surface area contributed by atoms with Crippen molar-refractivity contribution in [3.63, 3.8) is 0 Å². The molecule has 2 aromatic carbocycles. The van der Waals surface area contributed by atoms with Crippen molar-refractivity contribution in [2.24, 2.45) is 7.05 Å². The molecule has 0 aliphatic heterocycles. The molecule has 0 aliphatic rings. The van der Waals surface area contributed by atoms with E-state index in [0.29, 0.717) is 11.3 Å². The van der Waals surface area contributed by atoms with E-state index >= 15 is 0 Å². The zero-order valence-corrected chi connectivity index (χ0v) is 14.0. The summed E-state index contributed by atoms with van der Waals surface area (Å²) in [4.78, 5) is 24.2. The minimum atomic E-state index is -0.589. The third-order valence-corrected chi connectivity index (χ3v) is 4.28. The molecule has 1 heterocycles. The Morgan fingerprint density at radius 2 is 1.80 bits per heavy atom. The minimum Gasteiger partial charge on any atom is -0.344 e. The van der Waals surface area contributed by atoms with E-state index in [2.05, 4.69) is 5.32 Å². The average molecular weight is 337 g/mol. The van der Waals surface area contributed by atoms with Crippen molar-refractivity contribution < 1.29 is 14.8 Å². The molecule has 6 heteroatoms. The number of hydroxylamine groups is 1. The summed E-state index contributed by atoms with van der Waals surface area (Å²) in [6.07, 6.45) is 0. The lowest BCUT2D eigenvalue weighted by Gasteiger charge is -2.15. The summed E-state index contributed by atoms with van der Waals surface area (Å²) in [7, 11) is 1.86. The number of rotatable bonds is 4. The van der Waals surface area contributed by atoms with Gasteiger partial charge in [-0.25, -0.2) is 5.48 Å². The van der Waals surface area contributed by atoms with Crippen molar-refractivity contribution in [1.29, 1.82) is 0 Å². The fraction of sp³-hybridized carbons (Fsp3) is 0.158. The van der Waals surface area contributed by atoms with Gasteiger partial charge in [-0.05, 0) is 36.8 Å². The van der Waals surface area contributed by atoms with E-state index in [4.69, 9.17) is 5.21 Å².